The van der Waals surface area contributed by atoms with Crippen LogP contribution in [-0.4, -0.2) is 29.8 Å². The standard InChI is InChI=1S/C15H24N2O2/c1-2-10-19-13-6-5-9-16-14(13)17-11-15(12-18)7-3-4-8-15/h5-6,9,18H,2-4,7-8,10-12H2,1H3,(H,16,17). The number of aliphatic hydroxyl groups excluding tert-OH is 1. The molecule has 19 heavy (non-hydrogen) atoms. The Labute approximate surface area is 115 Å². The van der Waals surface area contributed by atoms with Crippen molar-refractivity contribution in [3.8, 4) is 5.75 Å². The number of aliphatic hydroxyl groups is 1. The molecule has 1 fully saturated rings. The monoisotopic (exact) mass is 264 g/mol. The highest BCUT2D eigenvalue weighted by molar-refractivity contribution is 5.49. The number of hydrogen-bond donors (Lipinski definition) is 2. The molecular formula is C15H24N2O2. The molecule has 0 amide bonds. The first-order valence-electron chi connectivity index (χ1n) is 7.22. The van der Waals surface area contributed by atoms with Crippen LogP contribution in [0.2, 0.25) is 0 Å². The SMILES string of the molecule is CCCOc1cccnc1NCC1(CO)CCCC1. The Morgan fingerprint density at radius 1 is 1.42 bits per heavy atom. The van der Waals surface area contributed by atoms with Gasteiger partial charge in [0.25, 0.3) is 0 Å². The minimum absolute atomic E-state index is 0.0273. The van der Waals surface area contributed by atoms with E-state index in [0.29, 0.717) is 6.61 Å². The highest BCUT2D eigenvalue weighted by Gasteiger charge is 2.33. The minimum Gasteiger partial charge on any atom is -0.490 e. The fourth-order valence-electron chi connectivity index (χ4n) is 2.64. The van der Waals surface area contributed by atoms with Crippen molar-refractivity contribution < 1.29 is 9.84 Å². The Kier molecular flexibility index (Phi) is 5.02. The van der Waals surface area contributed by atoms with E-state index in [-0.39, 0.29) is 12.0 Å². The van der Waals surface area contributed by atoms with Gasteiger partial charge in [0.15, 0.2) is 11.6 Å². The predicted octanol–water partition coefficient (Wildman–Crippen LogP) is 2.84. The van der Waals surface area contributed by atoms with Gasteiger partial charge in [0.2, 0.25) is 0 Å². The van der Waals surface area contributed by atoms with Crippen molar-refractivity contribution in [3.63, 3.8) is 0 Å². The molecule has 2 rings (SSSR count). The number of aromatic nitrogens is 1. The topological polar surface area (TPSA) is 54.4 Å². The van der Waals surface area contributed by atoms with Gasteiger partial charge < -0.3 is 15.2 Å². The first-order valence-corrected chi connectivity index (χ1v) is 7.22. The molecule has 0 unspecified atom stereocenters. The summed E-state index contributed by atoms with van der Waals surface area (Å²) in [5.41, 5.74) is 0.0273. The van der Waals surface area contributed by atoms with Crippen molar-refractivity contribution in [2.45, 2.75) is 39.0 Å². The van der Waals surface area contributed by atoms with Crippen molar-refractivity contribution in [1.29, 1.82) is 0 Å². The lowest BCUT2D eigenvalue weighted by atomic mass is 9.87. The second-order valence-corrected chi connectivity index (χ2v) is 5.42. The summed E-state index contributed by atoms with van der Waals surface area (Å²) in [5, 5.41) is 13.0. The van der Waals surface area contributed by atoms with E-state index in [9.17, 15) is 5.11 Å². The molecule has 0 spiro atoms. The third-order valence-corrected chi connectivity index (χ3v) is 3.86. The van der Waals surface area contributed by atoms with Crippen LogP contribution >= 0.6 is 0 Å². The summed E-state index contributed by atoms with van der Waals surface area (Å²) in [5.74, 6) is 1.59. The normalized spacial score (nSPS) is 17.4. The molecule has 1 heterocycles. The van der Waals surface area contributed by atoms with E-state index in [0.717, 1.165) is 37.4 Å². The molecule has 0 aromatic carbocycles. The van der Waals surface area contributed by atoms with Gasteiger partial charge in [-0.05, 0) is 31.4 Å². The molecule has 1 aromatic rings. The third kappa shape index (κ3) is 3.60. The van der Waals surface area contributed by atoms with E-state index in [4.69, 9.17) is 4.74 Å². The number of pyridine rings is 1. The molecule has 4 heteroatoms. The van der Waals surface area contributed by atoms with Crippen LogP contribution in [0.25, 0.3) is 0 Å². The summed E-state index contributed by atoms with van der Waals surface area (Å²) in [6.45, 7) is 3.80. The van der Waals surface area contributed by atoms with Gasteiger partial charge in [0.05, 0.1) is 13.2 Å². The summed E-state index contributed by atoms with van der Waals surface area (Å²) >= 11 is 0. The fraction of sp³-hybridized carbons (Fsp3) is 0.667. The van der Waals surface area contributed by atoms with Gasteiger partial charge in [0.1, 0.15) is 0 Å². The van der Waals surface area contributed by atoms with Gasteiger partial charge in [-0.15, -0.1) is 0 Å². The molecule has 1 saturated carbocycles. The maximum atomic E-state index is 9.61. The molecule has 1 aromatic heterocycles. The van der Waals surface area contributed by atoms with Crippen LogP contribution in [0, 0.1) is 5.41 Å². The summed E-state index contributed by atoms with van der Waals surface area (Å²) in [4.78, 5) is 4.34. The number of rotatable bonds is 7. The fourth-order valence-corrected chi connectivity index (χ4v) is 2.64. The Hall–Kier alpha value is -1.29. The summed E-state index contributed by atoms with van der Waals surface area (Å²) in [6.07, 6.45) is 7.35. The van der Waals surface area contributed by atoms with Gasteiger partial charge in [-0.1, -0.05) is 19.8 Å². The van der Waals surface area contributed by atoms with E-state index in [1.165, 1.54) is 12.8 Å². The molecule has 0 bridgehead atoms. The largest absolute Gasteiger partial charge is 0.490 e. The van der Waals surface area contributed by atoms with Gasteiger partial charge in [0, 0.05) is 18.2 Å². The first-order chi connectivity index (χ1) is 9.29. The average molecular weight is 264 g/mol. The van der Waals surface area contributed by atoms with Crippen molar-refractivity contribution >= 4 is 5.82 Å². The smallest absolute Gasteiger partial charge is 0.168 e. The maximum absolute atomic E-state index is 9.61. The highest BCUT2D eigenvalue weighted by Crippen LogP contribution is 2.38. The van der Waals surface area contributed by atoms with Gasteiger partial charge >= 0.3 is 0 Å². The van der Waals surface area contributed by atoms with E-state index >= 15 is 0 Å². The minimum atomic E-state index is 0.0273. The molecule has 0 atom stereocenters. The quantitative estimate of drug-likeness (QED) is 0.795. The van der Waals surface area contributed by atoms with E-state index in [1.54, 1.807) is 6.20 Å². The highest BCUT2D eigenvalue weighted by atomic mass is 16.5. The van der Waals surface area contributed by atoms with Crippen LogP contribution in [0.1, 0.15) is 39.0 Å². The van der Waals surface area contributed by atoms with Crippen molar-refractivity contribution in [3.05, 3.63) is 18.3 Å². The molecule has 0 saturated heterocycles. The third-order valence-electron chi connectivity index (χ3n) is 3.86. The maximum Gasteiger partial charge on any atom is 0.168 e. The van der Waals surface area contributed by atoms with Crippen LogP contribution in [0.5, 0.6) is 5.75 Å². The van der Waals surface area contributed by atoms with Crippen molar-refractivity contribution in [1.82, 2.24) is 4.98 Å². The Balaban J connectivity index is 1.98. The Morgan fingerprint density at radius 3 is 2.89 bits per heavy atom. The van der Waals surface area contributed by atoms with Crippen molar-refractivity contribution in [2.24, 2.45) is 5.41 Å². The van der Waals surface area contributed by atoms with Crippen LogP contribution in [0.4, 0.5) is 5.82 Å². The van der Waals surface area contributed by atoms with Gasteiger partial charge in [-0.2, -0.15) is 0 Å². The summed E-state index contributed by atoms with van der Waals surface area (Å²) in [6, 6.07) is 3.82. The average Bonchev–Trinajstić information content (AvgIpc) is 2.93. The van der Waals surface area contributed by atoms with Crippen LogP contribution in [-0.2, 0) is 0 Å². The summed E-state index contributed by atoms with van der Waals surface area (Å²) in [7, 11) is 0. The number of hydrogen-bond acceptors (Lipinski definition) is 4. The van der Waals surface area contributed by atoms with E-state index < -0.39 is 0 Å². The number of nitrogens with zero attached hydrogens (tertiary/aromatic N) is 1. The molecule has 1 aliphatic carbocycles. The number of nitrogens with one attached hydrogen (secondary N) is 1. The van der Waals surface area contributed by atoms with Crippen LogP contribution in [0.15, 0.2) is 18.3 Å². The second kappa shape index (κ2) is 6.75. The number of anilines is 1. The van der Waals surface area contributed by atoms with E-state index in [1.807, 2.05) is 12.1 Å². The second-order valence-electron chi connectivity index (χ2n) is 5.42. The Morgan fingerprint density at radius 2 is 2.21 bits per heavy atom. The molecule has 1 aliphatic rings. The zero-order chi connectivity index (χ0) is 13.6. The lowest BCUT2D eigenvalue weighted by Gasteiger charge is -2.27. The molecule has 0 radical (unpaired) electrons. The molecular weight excluding hydrogens is 240 g/mol. The zero-order valence-electron chi connectivity index (χ0n) is 11.7. The van der Waals surface area contributed by atoms with E-state index in [2.05, 4.69) is 17.2 Å². The van der Waals surface area contributed by atoms with Crippen molar-refractivity contribution in [2.75, 3.05) is 25.1 Å². The Bertz CT molecular complexity index is 389. The number of ether oxygens (including phenoxy) is 1. The van der Waals surface area contributed by atoms with Crippen LogP contribution in [0.3, 0.4) is 0 Å². The first kappa shape index (κ1) is 14.1. The lowest BCUT2D eigenvalue weighted by molar-refractivity contribution is 0.142. The van der Waals surface area contributed by atoms with Gasteiger partial charge in [-0.25, -0.2) is 4.98 Å². The van der Waals surface area contributed by atoms with Crippen LogP contribution < -0.4 is 10.1 Å². The molecule has 4 nitrogen and oxygen atoms in total. The zero-order valence-corrected chi connectivity index (χ0v) is 11.7. The molecule has 0 aliphatic heterocycles. The summed E-state index contributed by atoms with van der Waals surface area (Å²) < 4.78 is 5.68. The lowest BCUT2D eigenvalue weighted by Crippen LogP contribution is -2.30. The predicted molar refractivity (Wildman–Crippen MR) is 76.5 cm³/mol. The molecule has 2 N–H and O–H groups in total. The molecule has 106 valence electrons. The van der Waals surface area contributed by atoms with Gasteiger partial charge in [-0.3, -0.25) is 0 Å².